The number of benzene rings is 2. The summed E-state index contributed by atoms with van der Waals surface area (Å²) in [6.07, 6.45) is 1.63. The van der Waals surface area contributed by atoms with Crippen LogP contribution in [0.25, 0.3) is 11.0 Å². The fourth-order valence-corrected chi connectivity index (χ4v) is 4.38. The van der Waals surface area contributed by atoms with Crippen LogP contribution in [0.1, 0.15) is 34.6 Å². The Morgan fingerprint density at radius 1 is 1.17 bits per heavy atom. The summed E-state index contributed by atoms with van der Waals surface area (Å²) >= 11 is 1.34. The first-order valence-electron chi connectivity index (χ1n) is 9.20. The van der Waals surface area contributed by atoms with Crippen molar-refractivity contribution in [2.45, 2.75) is 13.0 Å². The third-order valence-electron chi connectivity index (χ3n) is 4.89. The Bertz CT molecular complexity index is 1280. The lowest BCUT2D eigenvalue weighted by Crippen LogP contribution is -2.29. The normalized spacial score (nSPS) is 15.7. The maximum Gasteiger partial charge on any atom is 0.297 e. The number of aromatic nitrogens is 1. The first-order valence-corrected chi connectivity index (χ1v) is 10.1. The van der Waals surface area contributed by atoms with Crippen molar-refractivity contribution < 1.29 is 13.9 Å². The number of hydrogen-bond acceptors (Lipinski definition) is 6. The van der Waals surface area contributed by atoms with Gasteiger partial charge in [0.15, 0.2) is 10.6 Å². The molecule has 1 aliphatic rings. The van der Waals surface area contributed by atoms with E-state index in [0.717, 1.165) is 5.56 Å². The number of hydrogen-bond donors (Lipinski definition) is 0. The Morgan fingerprint density at radius 3 is 2.83 bits per heavy atom. The summed E-state index contributed by atoms with van der Waals surface area (Å²) in [5, 5.41) is 2.76. The SMILES string of the molecule is CCOc1cccc([C@@H]2c3c(oc4ccccc4c3=O)C(=O)N2c2nccs2)c1. The van der Waals surface area contributed by atoms with Crippen LogP contribution in [0.4, 0.5) is 5.13 Å². The van der Waals surface area contributed by atoms with E-state index in [2.05, 4.69) is 4.98 Å². The van der Waals surface area contributed by atoms with Crippen LogP contribution in [-0.4, -0.2) is 17.5 Å². The molecule has 4 aromatic rings. The van der Waals surface area contributed by atoms with Crippen molar-refractivity contribution in [2.24, 2.45) is 0 Å². The van der Waals surface area contributed by atoms with E-state index in [1.807, 2.05) is 31.2 Å². The summed E-state index contributed by atoms with van der Waals surface area (Å²) in [7, 11) is 0. The third-order valence-corrected chi connectivity index (χ3v) is 5.66. The molecule has 29 heavy (non-hydrogen) atoms. The molecule has 1 amide bonds. The summed E-state index contributed by atoms with van der Waals surface area (Å²) in [5.74, 6) is 0.371. The van der Waals surface area contributed by atoms with Gasteiger partial charge < -0.3 is 9.15 Å². The molecule has 0 unspecified atom stereocenters. The molecular formula is C22H16N2O4S. The largest absolute Gasteiger partial charge is 0.494 e. The van der Waals surface area contributed by atoms with E-state index in [-0.39, 0.29) is 17.1 Å². The molecule has 6 nitrogen and oxygen atoms in total. The van der Waals surface area contributed by atoms with Gasteiger partial charge in [0.2, 0.25) is 5.76 Å². The molecule has 0 saturated heterocycles. The monoisotopic (exact) mass is 404 g/mol. The van der Waals surface area contributed by atoms with E-state index in [0.29, 0.717) is 34.0 Å². The van der Waals surface area contributed by atoms with Crippen LogP contribution in [0.15, 0.2) is 69.3 Å². The lowest BCUT2D eigenvalue weighted by Gasteiger charge is -2.22. The summed E-state index contributed by atoms with van der Waals surface area (Å²) in [4.78, 5) is 32.5. The second-order valence-corrected chi connectivity index (χ2v) is 7.44. The highest BCUT2D eigenvalue weighted by Gasteiger charge is 2.44. The van der Waals surface area contributed by atoms with Crippen LogP contribution >= 0.6 is 11.3 Å². The predicted molar refractivity (Wildman–Crippen MR) is 111 cm³/mol. The Hall–Kier alpha value is -3.45. The first-order chi connectivity index (χ1) is 14.2. The molecule has 7 heteroatoms. The maximum atomic E-state index is 13.4. The van der Waals surface area contributed by atoms with Crippen LogP contribution < -0.4 is 15.1 Å². The van der Waals surface area contributed by atoms with Crippen LogP contribution in [0, 0.1) is 0 Å². The van der Waals surface area contributed by atoms with Crippen molar-refractivity contribution in [3.63, 3.8) is 0 Å². The van der Waals surface area contributed by atoms with Gasteiger partial charge in [-0.15, -0.1) is 11.3 Å². The number of amides is 1. The van der Waals surface area contributed by atoms with Gasteiger partial charge in [-0.1, -0.05) is 24.3 Å². The Kier molecular flexibility index (Phi) is 4.17. The van der Waals surface area contributed by atoms with Crippen molar-refractivity contribution in [3.8, 4) is 5.75 Å². The Labute approximate surface area is 170 Å². The molecule has 0 fully saturated rings. The van der Waals surface area contributed by atoms with Crippen molar-refractivity contribution in [1.29, 1.82) is 0 Å². The smallest absolute Gasteiger partial charge is 0.297 e. The molecule has 0 N–H and O–H groups in total. The van der Waals surface area contributed by atoms with Gasteiger partial charge in [0, 0.05) is 11.6 Å². The van der Waals surface area contributed by atoms with E-state index in [4.69, 9.17) is 9.15 Å². The average Bonchev–Trinajstić information content (AvgIpc) is 3.36. The minimum absolute atomic E-state index is 0.0655. The van der Waals surface area contributed by atoms with Gasteiger partial charge in [0.25, 0.3) is 5.91 Å². The minimum Gasteiger partial charge on any atom is -0.494 e. The highest BCUT2D eigenvalue weighted by Crippen LogP contribution is 2.42. The summed E-state index contributed by atoms with van der Waals surface area (Å²) in [5.41, 5.74) is 1.28. The minimum atomic E-state index is -0.634. The van der Waals surface area contributed by atoms with Crippen LogP contribution in [0.5, 0.6) is 5.75 Å². The van der Waals surface area contributed by atoms with Gasteiger partial charge in [0.05, 0.1) is 23.6 Å². The molecule has 2 aromatic carbocycles. The predicted octanol–water partition coefficient (Wildman–Crippen LogP) is 4.40. The number of rotatable bonds is 4. The van der Waals surface area contributed by atoms with Gasteiger partial charge >= 0.3 is 0 Å². The third kappa shape index (κ3) is 2.74. The van der Waals surface area contributed by atoms with Gasteiger partial charge in [-0.05, 0) is 36.8 Å². The number of nitrogens with zero attached hydrogens (tertiary/aromatic N) is 2. The summed E-state index contributed by atoms with van der Waals surface area (Å²) in [6.45, 7) is 2.43. The van der Waals surface area contributed by atoms with Crippen LogP contribution in [0.3, 0.4) is 0 Å². The topological polar surface area (TPSA) is 72.6 Å². The Morgan fingerprint density at radius 2 is 2.03 bits per heavy atom. The van der Waals surface area contributed by atoms with Gasteiger partial charge in [-0.3, -0.25) is 14.5 Å². The molecular weight excluding hydrogens is 388 g/mol. The van der Waals surface area contributed by atoms with E-state index in [1.54, 1.807) is 35.8 Å². The van der Waals surface area contributed by atoms with Crippen molar-refractivity contribution in [1.82, 2.24) is 4.98 Å². The zero-order valence-corrected chi connectivity index (χ0v) is 16.3. The number of carbonyl (C=O) groups is 1. The number of para-hydroxylation sites is 1. The van der Waals surface area contributed by atoms with E-state index < -0.39 is 6.04 Å². The molecule has 0 saturated carbocycles. The van der Waals surface area contributed by atoms with E-state index in [1.165, 1.54) is 16.2 Å². The molecule has 1 atom stereocenters. The standard InChI is InChI=1S/C22H16N2O4S/c1-2-27-14-7-5-6-13(12-14)18-17-19(25)15-8-3-4-9-16(15)28-20(17)21(26)24(18)22-23-10-11-29-22/h3-12,18H,2H2,1H3/t18-/m1/s1. The number of thiazole rings is 1. The van der Waals surface area contributed by atoms with Gasteiger partial charge in [-0.25, -0.2) is 4.98 Å². The zero-order valence-electron chi connectivity index (χ0n) is 15.5. The molecule has 1 aliphatic heterocycles. The molecule has 0 radical (unpaired) electrons. The summed E-state index contributed by atoms with van der Waals surface area (Å²) in [6, 6.07) is 13.8. The number of anilines is 1. The van der Waals surface area contributed by atoms with E-state index >= 15 is 0 Å². The first kappa shape index (κ1) is 17.6. The Balaban J connectivity index is 1.79. The lowest BCUT2D eigenvalue weighted by atomic mass is 9.98. The molecule has 5 rings (SSSR count). The van der Waals surface area contributed by atoms with Crippen LogP contribution in [0.2, 0.25) is 0 Å². The molecule has 144 valence electrons. The van der Waals surface area contributed by atoms with Gasteiger partial charge in [0.1, 0.15) is 11.3 Å². The quantitative estimate of drug-likeness (QED) is 0.504. The fraction of sp³-hybridized carbons (Fsp3) is 0.136. The van der Waals surface area contributed by atoms with E-state index in [9.17, 15) is 9.59 Å². The van der Waals surface area contributed by atoms with Crippen molar-refractivity contribution in [3.05, 3.63) is 87.2 Å². The lowest BCUT2D eigenvalue weighted by molar-refractivity contribution is 0.0971. The maximum absolute atomic E-state index is 13.4. The summed E-state index contributed by atoms with van der Waals surface area (Å²) < 4.78 is 11.5. The van der Waals surface area contributed by atoms with Crippen LogP contribution in [-0.2, 0) is 0 Å². The second-order valence-electron chi connectivity index (χ2n) is 6.57. The number of fused-ring (bicyclic) bond motifs is 2. The van der Waals surface area contributed by atoms with Gasteiger partial charge in [-0.2, -0.15) is 0 Å². The average molecular weight is 404 g/mol. The number of ether oxygens (including phenoxy) is 1. The highest BCUT2D eigenvalue weighted by molar-refractivity contribution is 7.13. The second kappa shape index (κ2) is 6.86. The van der Waals surface area contributed by atoms with Crippen molar-refractivity contribution >= 4 is 33.3 Å². The molecule has 3 heterocycles. The molecule has 0 aliphatic carbocycles. The molecule has 0 bridgehead atoms. The fourth-order valence-electron chi connectivity index (χ4n) is 3.71. The molecule has 2 aromatic heterocycles. The number of carbonyl (C=O) groups excluding carboxylic acids is 1. The molecule has 0 spiro atoms. The zero-order chi connectivity index (χ0) is 20.0. The van der Waals surface area contributed by atoms with Crippen molar-refractivity contribution in [2.75, 3.05) is 11.5 Å². The highest BCUT2D eigenvalue weighted by atomic mass is 32.1.